The fraction of sp³-hybridized carbons (Fsp3) is 0.435. The van der Waals surface area contributed by atoms with Gasteiger partial charge in [-0.25, -0.2) is 9.37 Å². The molecule has 1 aromatic carbocycles. The second-order valence-corrected chi connectivity index (χ2v) is 9.49. The lowest BCUT2D eigenvalue weighted by atomic mass is 9.74. The van der Waals surface area contributed by atoms with E-state index in [-0.39, 0.29) is 22.7 Å². The fourth-order valence-corrected chi connectivity index (χ4v) is 5.67. The van der Waals surface area contributed by atoms with E-state index in [4.69, 9.17) is 23.1 Å². The van der Waals surface area contributed by atoms with E-state index in [2.05, 4.69) is 10.3 Å². The molecule has 1 aliphatic heterocycles. The molecule has 2 atom stereocenters. The topological polar surface area (TPSA) is 114 Å². The molecule has 1 spiro atoms. The van der Waals surface area contributed by atoms with E-state index in [1.54, 1.807) is 0 Å². The average Bonchev–Trinajstić information content (AvgIpc) is 3.31. The van der Waals surface area contributed by atoms with Crippen molar-refractivity contribution in [2.75, 3.05) is 31.7 Å². The lowest BCUT2D eigenvalue weighted by molar-refractivity contribution is -0.127. The monoisotopic (exact) mass is 459 g/mol. The van der Waals surface area contributed by atoms with Crippen LogP contribution in [0.1, 0.15) is 48.5 Å². The summed E-state index contributed by atoms with van der Waals surface area (Å²) in [5, 5.41) is 3.66. The number of amides is 2. The highest BCUT2D eigenvalue weighted by molar-refractivity contribution is 6.34. The number of carbonyl (C=O) groups excluding carboxylic acids is 2. The van der Waals surface area contributed by atoms with Crippen LogP contribution >= 0.6 is 11.6 Å². The largest absolute Gasteiger partial charge is 0.398 e. The molecule has 4 rings (SSSR count). The summed E-state index contributed by atoms with van der Waals surface area (Å²) in [5.41, 5.74) is 11.9. The van der Waals surface area contributed by atoms with E-state index < -0.39 is 22.6 Å². The number of rotatable bonds is 4. The predicted molar refractivity (Wildman–Crippen MR) is 123 cm³/mol. The van der Waals surface area contributed by atoms with Gasteiger partial charge < -0.3 is 21.7 Å². The number of hydrogen-bond donors (Lipinski definition) is 3. The molecule has 7 nitrogen and oxygen atoms in total. The lowest BCUT2D eigenvalue weighted by Gasteiger charge is -2.29. The zero-order valence-electron chi connectivity index (χ0n) is 18.4. The number of aromatic nitrogens is 1. The first-order chi connectivity index (χ1) is 15.1. The number of nitrogens with zero attached hydrogens (tertiary/aromatic N) is 2. The van der Waals surface area contributed by atoms with Crippen LogP contribution in [0.15, 0.2) is 18.3 Å². The Morgan fingerprint density at radius 1 is 1.28 bits per heavy atom. The quantitative estimate of drug-likeness (QED) is 0.605. The minimum Gasteiger partial charge on any atom is -0.398 e. The molecule has 32 heavy (non-hydrogen) atoms. The highest BCUT2D eigenvalue weighted by atomic mass is 35.5. The number of fused-ring (bicyclic) bond motifs is 2. The number of primary amides is 1. The number of hydrogen-bond acceptors (Lipinski definition) is 5. The third-order valence-electron chi connectivity index (χ3n) is 7.18. The molecule has 0 saturated heterocycles. The molecular formula is C23H27ClFN5O2. The second-order valence-electron chi connectivity index (χ2n) is 9.11. The van der Waals surface area contributed by atoms with Crippen molar-refractivity contribution in [3.05, 3.63) is 40.3 Å². The van der Waals surface area contributed by atoms with Gasteiger partial charge in [-0.05, 0) is 37.8 Å². The van der Waals surface area contributed by atoms with Gasteiger partial charge in [0.25, 0.3) is 5.91 Å². The number of halogens is 2. The molecule has 170 valence electrons. The van der Waals surface area contributed by atoms with E-state index in [1.807, 2.05) is 6.92 Å². The Morgan fingerprint density at radius 3 is 2.59 bits per heavy atom. The molecule has 0 unspecified atom stereocenters. The SMILES string of the molecule is CC[C@]1(C(N)=O)CC[C@@]2(CNc3ncc(-c4ccc(N)c(C(=O)N(C)C)c4F)c(Cl)c32)C1. The standard InChI is InChI=1S/C23H27ClFN5O2/c1-4-22(21(27)32)7-8-23(10-22)11-29-19-16(23)17(24)13(9-28-19)12-5-6-14(26)15(18(12)25)20(31)30(2)3/h5-6,9H,4,7-8,10-11,26H2,1-3H3,(H2,27,32)(H,28,29)/t22-,23-/m0/s1. The van der Waals surface area contributed by atoms with Crippen LogP contribution in [0.3, 0.4) is 0 Å². The highest BCUT2D eigenvalue weighted by Crippen LogP contribution is 2.58. The molecule has 2 aromatic rings. The third-order valence-corrected chi connectivity index (χ3v) is 7.58. The number of anilines is 2. The summed E-state index contributed by atoms with van der Waals surface area (Å²) >= 11 is 6.89. The number of nitrogens with two attached hydrogens (primary N) is 2. The molecule has 1 aliphatic carbocycles. The number of nitrogen functional groups attached to an aromatic ring is 1. The minimum absolute atomic E-state index is 0.0540. The number of pyridine rings is 1. The zero-order valence-corrected chi connectivity index (χ0v) is 19.1. The van der Waals surface area contributed by atoms with Crippen LogP contribution < -0.4 is 16.8 Å². The summed E-state index contributed by atoms with van der Waals surface area (Å²) in [6, 6.07) is 3.01. The first-order valence-corrected chi connectivity index (χ1v) is 11.0. The van der Waals surface area contributed by atoms with Gasteiger partial charge in [-0.15, -0.1) is 0 Å². The molecule has 0 bridgehead atoms. The van der Waals surface area contributed by atoms with E-state index in [1.165, 1.54) is 37.3 Å². The van der Waals surface area contributed by atoms with Crippen LogP contribution in [0.2, 0.25) is 5.02 Å². The molecule has 5 N–H and O–H groups in total. The smallest absolute Gasteiger partial charge is 0.258 e. The van der Waals surface area contributed by atoms with Crippen molar-refractivity contribution in [1.82, 2.24) is 9.88 Å². The molecule has 1 aromatic heterocycles. The second kappa shape index (κ2) is 7.62. The van der Waals surface area contributed by atoms with Crippen LogP contribution in [-0.4, -0.2) is 42.3 Å². The Kier molecular flexibility index (Phi) is 5.32. The summed E-state index contributed by atoms with van der Waals surface area (Å²) in [5.74, 6) is -0.938. The summed E-state index contributed by atoms with van der Waals surface area (Å²) in [6.07, 6.45) is 4.10. The normalized spacial score (nSPS) is 23.8. The van der Waals surface area contributed by atoms with Crippen molar-refractivity contribution >= 4 is 34.9 Å². The van der Waals surface area contributed by atoms with Crippen molar-refractivity contribution in [3.8, 4) is 11.1 Å². The first-order valence-electron chi connectivity index (χ1n) is 10.6. The zero-order chi connectivity index (χ0) is 23.4. The maximum Gasteiger partial charge on any atom is 0.258 e. The maximum atomic E-state index is 15.5. The van der Waals surface area contributed by atoms with Crippen molar-refractivity contribution in [2.45, 2.75) is 38.0 Å². The molecule has 2 amide bonds. The van der Waals surface area contributed by atoms with Gasteiger partial charge in [0.2, 0.25) is 5.91 Å². The summed E-state index contributed by atoms with van der Waals surface area (Å²) in [7, 11) is 3.07. The molecule has 0 radical (unpaired) electrons. The molecule has 1 saturated carbocycles. The molecule has 1 fully saturated rings. The van der Waals surface area contributed by atoms with Crippen LogP contribution in [0.25, 0.3) is 11.1 Å². The van der Waals surface area contributed by atoms with Crippen LogP contribution in [0.4, 0.5) is 15.9 Å². The Morgan fingerprint density at radius 2 is 2.00 bits per heavy atom. The Balaban J connectivity index is 1.86. The lowest BCUT2D eigenvalue weighted by Crippen LogP contribution is -2.37. The van der Waals surface area contributed by atoms with Crippen LogP contribution in [0.5, 0.6) is 0 Å². The van der Waals surface area contributed by atoms with E-state index in [9.17, 15) is 9.59 Å². The summed E-state index contributed by atoms with van der Waals surface area (Å²) < 4.78 is 15.5. The van der Waals surface area contributed by atoms with Gasteiger partial charge in [0.15, 0.2) is 0 Å². The number of benzene rings is 1. The van der Waals surface area contributed by atoms with Gasteiger partial charge in [0.1, 0.15) is 11.6 Å². The average molecular weight is 460 g/mol. The molecule has 2 aliphatic rings. The van der Waals surface area contributed by atoms with Crippen molar-refractivity contribution < 1.29 is 14.0 Å². The Hall–Kier alpha value is -2.87. The number of nitrogens with one attached hydrogen (secondary N) is 1. The van der Waals surface area contributed by atoms with Crippen molar-refractivity contribution in [3.63, 3.8) is 0 Å². The third kappa shape index (κ3) is 3.11. The van der Waals surface area contributed by atoms with Gasteiger partial charge >= 0.3 is 0 Å². The van der Waals surface area contributed by atoms with Crippen molar-refractivity contribution in [1.29, 1.82) is 0 Å². The van der Waals surface area contributed by atoms with Gasteiger partial charge in [-0.3, -0.25) is 9.59 Å². The summed E-state index contributed by atoms with van der Waals surface area (Å²) in [4.78, 5) is 30.6. The van der Waals surface area contributed by atoms with Gasteiger partial charge in [0, 0.05) is 60.0 Å². The predicted octanol–water partition coefficient (Wildman–Crippen LogP) is 3.55. The number of carbonyl (C=O) groups is 2. The van der Waals surface area contributed by atoms with Gasteiger partial charge in [-0.2, -0.15) is 0 Å². The maximum absolute atomic E-state index is 15.5. The summed E-state index contributed by atoms with van der Waals surface area (Å²) in [6.45, 7) is 2.55. The van der Waals surface area contributed by atoms with E-state index >= 15 is 4.39 Å². The Bertz CT molecular complexity index is 1140. The van der Waals surface area contributed by atoms with Gasteiger partial charge in [-0.1, -0.05) is 18.5 Å². The van der Waals surface area contributed by atoms with Gasteiger partial charge in [0.05, 0.1) is 10.6 Å². The van der Waals surface area contributed by atoms with Crippen LogP contribution in [0, 0.1) is 11.2 Å². The van der Waals surface area contributed by atoms with Crippen LogP contribution in [-0.2, 0) is 10.2 Å². The van der Waals surface area contributed by atoms with Crippen molar-refractivity contribution in [2.24, 2.45) is 11.1 Å². The molecule has 9 heteroatoms. The van der Waals surface area contributed by atoms with E-state index in [0.29, 0.717) is 42.2 Å². The van der Waals surface area contributed by atoms with E-state index in [0.717, 1.165) is 12.0 Å². The fourth-order valence-electron chi connectivity index (χ4n) is 5.23. The highest BCUT2D eigenvalue weighted by Gasteiger charge is 2.55. The molecule has 2 heterocycles. The Labute approximate surface area is 191 Å². The first kappa shape index (κ1) is 22.3. The molecular weight excluding hydrogens is 433 g/mol. The minimum atomic E-state index is -0.737.